The van der Waals surface area contributed by atoms with Crippen LogP contribution in [0.15, 0.2) is 24.3 Å². The molecule has 0 heterocycles. The molecule has 0 fully saturated rings. The van der Waals surface area contributed by atoms with E-state index in [2.05, 4.69) is 0 Å². The molecule has 1 aromatic carbocycles. The number of ether oxygens (including phenoxy) is 1. The van der Waals surface area contributed by atoms with Crippen molar-refractivity contribution in [3.05, 3.63) is 35.4 Å². The van der Waals surface area contributed by atoms with Crippen LogP contribution in [0.5, 0.6) is 0 Å². The molecule has 0 saturated carbocycles. The van der Waals surface area contributed by atoms with Crippen molar-refractivity contribution >= 4 is 11.9 Å². The van der Waals surface area contributed by atoms with Gasteiger partial charge < -0.3 is 9.84 Å². The summed E-state index contributed by atoms with van der Waals surface area (Å²) in [7, 11) is 0. The second-order valence-corrected chi connectivity index (χ2v) is 6.02. The molecule has 0 aromatic heterocycles. The third-order valence-electron chi connectivity index (χ3n) is 2.75. The SMILES string of the molecule is C[C@H](Cc1ccc(CC(=O)OC(C)(C)C)cc1)C(=O)O. The van der Waals surface area contributed by atoms with E-state index in [0.717, 1.165) is 11.1 Å². The minimum atomic E-state index is -0.803. The van der Waals surface area contributed by atoms with Crippen LogP contribution in [0, 0.1) is 5.92 Å². The van der Waals surface area contributed by atoms with Crippen molar-refractivity contribution in [1.29, 1.82) is 0 Å². The zero-order valence-electron chi connectivity index (χ0n) is 12.5. The third-order valence-corrected chi connectivity index (χ3v) is 2.75. The van der Waals surface area contributed by atoms with Gasteiger partial charge in [0.05, 0.1) is 12.3 Å². The second-order valence-electron chi connectivity index (χ2n) is 6.02. The van der Waals surface area contributed by atoms with Gasteiger partial charge in [0.25, 0.3) is 0 Å². The smallest absolute Gasteiger partial charge is 0.310 e. The Morgan fingerprint density at radius 3 is 2.10 bits per heavy atom. The van der Waals surface area contributed by atoms with Gasteiger partial charge in [0.15, 0.2) is 0 Å². The number of hydrogen-bond donors (Lipinski definition) is 1. The molecule has 1 aromatic rings. The highest BCUT2D eigenvalue weighted by Crippen LogP contribution is 2.13. The zero-order chi connectivity index (χ0) is 15.3. The van der Waals surface area contributed by atoms with Crippen molar-refractivity contribution < 1.29 is 19.4 Å². The van der Waals surface area contributed by atoms with Crippen LogP contribution in [-0.4, -0.2) is 22.6 Å². The maximum atomic E-state index is 11.7. The van der Waals surface area contributed by atoms with Gasteiger partial charge in [0, 0.05) is 0 Å². The van der Waals surface area contributed by atoms with Crippen molar-refractivity contribution in [2.45, 2.75) is 46.1 Å². The van der Waals surface area contributed by atoms with Gasteiger partial charge in [-0.15, -0.1) is 0 Å². The fraction of sp³-hybridized carbons (Fsp3) is 0.500. The first-order valence-electron chi connectivity index (χ1n) is 6.70. The number of benzene rings is 1. The molecule has 0 aliphatic heterocycles. The average Bonchev–Trinajstić information content (AvgIpc) is 2.28. The van der Waals surface area contributed by atoms with E-state index in [1.54, 1.807) is 6.92 Å². The Balaban J connectivity index is 2.59. The summed E-state index contributed by atoms with van der Waals surface area (Å²) in [5.74, 6) is -1.47. The Hall–Kier alpha value is -1.84. The molecule has 0 aliphatic carbocycles. The zero-order valence-corrected chi connectivity index (χ0v) is 12.5. The predicted molar refractivity (Wildman–Crippen MR) is 76.5 cm³/mol. The van der Waals surface area contributed by atoms with Crippen LogP contribution in [0.2, 0.25) is 0 Å². The first-order chi connectivity index (χ1) is 9.17. The van der Waals surface area contributed by atoms with Crippen molar-refractivity contribution in [3.63, 3.8) is 0 Å². The first kappa shape index (κ1) is 16.2. The molecule has 0 spiro atoms. The van der Waals surface area contributed by atoms with Crippen LogP contribution in [0.3, 0.4) is 0 Å². The second kappa shape index (κ2) is 6.55. The lowest BCUT2D eigenvalue weighted by Gasteiger charge is -2.19. The molecular formula is C16H22O4. The summed E-state index contributed by atoms with van der Waals surface area (Å²) in [5.41, 5.74) is 1.34. The molecule has 0 saturated heterocycles. The molecule has 1 N–H and O–H groups in total. The van der Waals surface area contributed by atoms with E-state index >= 15 is 0 Å². The van der Waals surface area contributed by atoms with Crippen molar-refractivity contribution in [1.82, 2.24) is 0 Å². The predicted octanol–water partition coefficient (Wildman–Crippen LogP) is 2.83. The van der Waals surface area contributed by atoms with Gasteiger partial charge in [-0.3, -0.25) is 9.59 Å². The first-order valence-corrected chi connectivity index (χ1v) is 6.70. The quantitative estimate of drug-likeness (QED) is 0.841. The average molecular weight is 278 g/mol. The molecular weight excluding hydrogens is 256 g/mol. The number of carbonyl (C=O) groups is 2. The van der Waals surface area contributed by atoms with Crippen molar-refractivity contribution in [2.24, 2.45) is 5.92 Å². The lowest BCUT2D eigenvalue weighted by Crippen LogP contribution is -2.24. The van der Waals surface area contributed by atoms with E-state index in [-0.39, 0.29) is 12.4 Å². The molecule has 110 valence electrons. The molecule has 20 heavy (non-hydrogen) atoms. The van der Waals surface area contributed by atoms with Crippen LogP contribution < -0.4 is 0 Å². The molecule has 0 amide bonds. The van der Waals surface area contributed by atoms with Gasteiger partial charge in [0.1, 0.15) is 5.60 Å². The summed E-state index contributed by atoms with van der Waals surface area (Å²) in [4.78, 5) is 22.5. The van der Waals surface area contributed by atoms with Crippen molar-refractivity contribution in [2.75, 3.05) is 0 Å². The minimum Gasteiger partial charge on any atom is -0.481 e. The number of hydrogen-bond acceptors (Lipinski definition) is 3. The van der Waals surface area contributed by atoms with Gasteiger partial charge in [-0.05, 0) is 38.3 Å². The maximum absolute atomic E-state index is 11.7. The van der Waals surface area contributed by atoms with Gasteiger partial charge in [-0.25, -0.2) is 0 Å². The highest BCUT2D eigenvalue weighted by molar-refractivity contribution is 5.73. The van der Waals surface area contributed by atoms with Gasteiger partial charge in [-0.2, -0.15) is 0 Å². The Kier molecular flexibility index (Phi) is 5.31. The molecule has 4 heteroatoms. The van der Waals surface area contributed by atoms with E-state index in [1.165, 1.54) is 0 Å². The lowest BCUT2D eigenvalue weighted by atomic mass is 10.00. The number of carboxylic acid groups (broad SMARTS) is 1. The lowest BCUT2D eigenvalue weighted by molar-refractivity contribution is -0.154. The largest absolute Gasteiger partial charge is 0.481 e. The van der Waals surface area contributed by atoms with Crippen molar-refractivity contribution in [3.8, 4) is 0 Å². The maximum Gasteiger partial charge on any atom is 0.310 e. The van der Waals surface area contributed by atoms with E-state index < -0.39 is 17.5 Å². The van der Waals surface area contributed by atoms with Gasteiger partial charge >= 0.3 is 11.9 Å². The highest BCUT2D eigenvalue weighted by atomic mass is 16.6. The molecule has 0 radical (unpaired) electrons. The summed E-state index contributed by atoms with van der Waals surface area (Å²) in [6.07, 6.45) is 0.716. The summed E-state index contributed by atoms with van der Waals surface area (Å²) < 4.78 is 5.25. The topological polar surface area (TPSA) is 63.6 Å². The van der Waals surface area contributed by atoms with Crippen LogP contribution in [0.4, 0.5) is 0 Å². The molecule has 1 rings (SSSR count). The van der Waals surface area contributed by atoms with Crippen LogP contribution >= 0.6 is 0 Å². The fourth-order valence-electron chi connectivity index (χ4n) is 1.78. The summed E-state index contributed by atoms with van der Waals surface area (Å²) in [6.45, 7) is 7.18. The number of rotatable bonds is 5. The molecule has 0 aliphatic rings. The van der Waals surface area contributed by atoms with Crippen LogP contribution in [0.25, 0.3) is 0 Å². The summed E-state index contributed by atoms with van der Waals surface area (Å²) >= 11 is 0. The van der Waals surface area contributed by atoms with E-state index in [4.69, 9.17) is 9.84 Å². The third kappa shape index (κ3) is 5.87. The number of esters is 1. The van der Waals surface area contributed by atoms with Gasteiger partial charge in [0.2, 0.25) is 0 Å². The minimum absolute atomic E-state index is 0.228. The Morgan fingerprint density at radius 2 is 1.65 bits per heavy atom. The molecule has 4 nitrogen and oxygen atoms in total. The highest BCUT2D eigenvalue weighted by Gasteiger charge is 2.16. The number of aliphatic carboxylic acids is 1. The number of carbonyl (C=O) groups excluding carboxylic acids is 1. The van der Waals surface area contributed by atoms with Crippen LogP contribution in [0.1, 0.15) is 38.8 Å². The number of carboxylic acids is 1. The Bertz CT molecular complexity index is 468. The molecule has 1 atom stereocenters. The van der Waals surface area contributed by atoms with E-state index in [1.807, 2.05) is 45.0 Å². The van der Waals surface area contributed by atoms with E-state index in [9.17, 15) is 9.59 Å². The monoisotopic (exact) mass is 278 g/mol. The molecule has 0 bridgehead atoms. The molecule has 0 unspecified atom stereocenters. The standard InChI is InChI=1S/C16H22O4/c1-11(15(18)19)9-12-5-7-13(8-6-12)10-14(17)20-16(2,3)4/h5-8,11H,9-10H2,1-4H3,(H,18,19)/t11-/m1/s1. The summed E-state index contributed by atoms with van der Waals surface area (Å²) in [6, 6.07) is 7.40. The summed E-state index contributed by atoms with van der Waals surface area (Å²) in [5, 5.41) is 8.86. The van der Waals surface area contributed by atoms with Crippen LogP contribution in [-0.2, 0) is 27.2 Å². The van der Waals surface area contributed by atoms with Gasteiger partial charge in [-0.1, -0.05) is 31.2 Å². The van der Waals surface area contributed by atoms with E-state index in [0.29, 0.717) is 6.42 Å². The normalized spacial score (nSPS) is 12.8. The fourth-order valence-corrected chi connectivity index (χ4v) is 1.78. The Morgan fingerprint density at radius 1 is 1.15 bits per heavy atom. The Labute approximate surface area is 119 Å².